The van der Waals surface area contributed by atoms with E-state index in [2.05, 4.69) is 11.4 Å². The number of nitrogens with one attached hydrogen (secondary N) is 1. The van der Waals surface area contributed by atoms with Crippen LogP contribution in [0.3, 0.4) is 0 Å². The number of ether oxygens (including phenoxy) is 1. The van der Waals surface area contributed by atoms with E-state index < -0.39 is 6.10 Å². The van der Waals surface area contributed by atoms with Gasteiger partial charge in [0.15, 0.2) is 0 Å². The van der Waals surface area contributed by atoms with Crippen molar-refractivity contribution in [1.82, 2.24) is 9.88 Å². The molecule has 0 bridgehead atoms. The van der Waals surface area contributed by atoms with Crippen molar-refractivity contribution in [1.29, 1.82) is 0 Å². The fourth-order valence-corrected chi connectivity index (χ4v) is 3.58. The topological polar surface area (TPSA) is 63.5 Å². The first kappa shape index (κ1) is 19.7. The van der Waals surface area contributed by atoms with Crippen LogP contribution in [0.5, 0.6) is 5.75 Å². The number of rotatable bonds is 7. The third-order valence-electron chi connectivity index (χ3n) is 5.17. The summed E-state index contributed by atoms with van der Waals surface area (Å²) in [5.74, 6) is 0.573. The molecule has 1 aromatic heterocycles. The van der Waals surface area contributed by atoms with Crippen LogP contribution in [-0.2, 0) is 11.3 Å². The van der Waals surface area contributed by atoms with Gasteiger partial charge in [0.05, 0.1) is 13.2 Å². The van der Waals surface area contributed by atoms with Crippen molar-refractivity contribution in [2.75, 3.05) is 13.7 Å². The number of para-hydroxylation sites is 1. The van der Waals surface area contributed by atoms with Crippen molar-refractivity contribution in [3.8, 4) is 17.0 Å². The first-order chi connectivity index (χ1) is 14.7. The molecule has 0 aliphatic heterocycles. The van der Waals surface area contributed by atoms with Crippen LogP contribution in [0.1, 0.15) is 11.7 Å². The highest BCUT2D eigenvalue weighted by Crippen LogP contribution is 2.28. The maximum Gasteiger partial charge on any atom is 0.240 e. The molecule has 4 rings (SSSR count). The van der Waals surface area contributed by atoms with Crippen molar-refractivity contribution < 1.29 is 14.6 Å². The third kappa shape index (κ3) is 4.21. The van der Waals surface area contributed by atoms with Gasteiger partial charge in [-0.1, -0.05) is 60.7 Å². The smallest absolute Gasteiger partial charge is 0.240 e. The second-order valence-electron chi connectivity index (χ2n) is 7.13. The number of amides is 1. The van der Waals surface area contributed by atoms with Gasteiger partial charge in [-0.05, 0) is 35.4 Å². The zero-order valence-electron chi connectivity index (χ0n) is 16.8. The van der Waals surface area contributed by atoms with Crippen LogP contribution in [0.25, 0.3) is 22.2 Å². The van der Waals surface area contributed by atoms with Crippen LogP contribution in [0, 0.1) is 0 Å². The van der Waals surface area contributed by atoms with E-state index >= 15 is 0 Å². The fourth-order valence-electron chi connectivity index (χ4n) is 3.58. The Morgan fingerprint density at radius 2 is 1.70 bits per heavy atom. The average Bonchev–Trinajstić information content (AvgIpc) is 3.16. The number of hydrogen-bond donors (Lipinski definition) is 2. The lowest BCUT2D eigenvalue weighted by Gasteiger charge is -2.15. The highest BCUT2D eigenvalue weighted by Gasteiger charge is 2.15. The van der Waals surface area contributed by atoms with E-state index in [1.807, 2.05) is 59.2 Å². The number of carbonyl (C=O) groups is 1. The van der Waals surface area contributed by atoms with Crippen molar-refractivity contribution in [3.05, 3.63) is 90.5 Å². The third-order valence-corrected chi connectivity index (χ3v) is 5.17. The van der Waals surface area contributed by atoms with Gasteiger partial charge >= 0.3 is 0 Å². The molecule has 0 radical (unpaired) electrons. The summed E-state index contributed by atoms with van der Waals surface area (Å²) in [6.45, 7) is 0.318. The van der Waals surface area contributed by atoms with Crippen molar-refractivity contribution in [3.63, 3.8) is 0 Å². The van der Waals surface area contributed by atoms with Crippen LogP contribution in [0.15, 0.2) is 84.9 Å². The number of fused-ring (bicyclic) bond motifs is 1. The molecule has 5 heteroatoms. The lowest BCUT2D eigenvalue weighted by Crippen LogP contribution is -2.31. The lowest BCUT2D eigenvalue weighted by molar-refractivity contribution is -0.122. The van der Waals surface area contributed by atoms with E-state index in [-0.39, 0.29) is 19.0 Å². The Hall–Kier alpha value is -3.57. The Kier molecular flexibility index (Phi) is 5.82. The van der Waals surface area contributed by atoms with Gasteiger partial charge in [-0.2, -0.15) is 0 Å². The molecule has 1 unspecified atom stereocenters. The van der Waals surface area contributed by atoms with E-state index in [1.165, 1.54) is 0 Å². The quantitative estimate of drug-likeness (QED) is 0.489. The predicted molar refractivity (Wildman–Crippen MR) is 118 cm³/mol. The van der Waals surface area contributed by atoms with Crippen molar-refractivity contribution in [2.45, 2.75) is 12.6 Å². The summed E-state index contributed by atoms with van der Waals surface area (Å²) in [6, 6.07) is 27.3. The summed E-state index contributed by atoms with van der Waals surface area (Å²) >= 11 is 0. The SMILES string of the molecule is COc1ccc(C(O)CNC(=O)Cn2c(-c3ccccc3)cc3ccccc32)cc1. The number of hydrogen-bond acceptors (Lipinski definition) is 3. The number of aliphatic hydroxyl groups excluding tert-OH is 1. The predicted octanol–water partition coefficient (Wildman–Crippen LogP) is 4.17. The minimum atomic E-state index is -0.783. The van der Waals surface area contributed by atoms with Gasteiger partial charge in [0.1, 0.15) is 12.3 Å². The summed E-state index contributed by atoms with van der Waals surface area (Å²) in [4.78, 5) is 12.7. The van der Waals surface area contributed by atoms with E-state index in [0.29, 0.717) is 0 Å². The number of benzene rings is 3. The Labute approximate surface area is 175 Å². The Morgan fingerprint density at radius 3 is 2.43 bits per heavy atom. The number of aromatic nitrogens is 1. The first-order valence-electron chi connectivity index (χ1n) is 9.88. The van der Waals surface area contributed by atoms with E-state index in [4.69, 9.17) is 4.74 Å². The molecule has 0 saturated heterocycles. The van der Waals surface area contributed by atoms with Crippen LogP contribution < -0.4 is 10.1 Å². The molecule has 2 N–H and O–H groups in total. The molecule has 0 spiro atoms. The molecule has 1 heterocycles. The summed E-state index contributed by atoms with van der Waals surface area (Å²) in [6.07, 6.45) is -0.783. The Balaban J connectivity index is 1.50. The number of aliphatic hydroxyl groups is 1. The molecule has 1 atom stereocenters. The molecule has 4 aromatic rings. The van der Waals surface area contributed by atoms with Gasteiger partial charge in [-0.15, -0.1) is 0 Å². The zero-order chi connectivity index (χ0) is 20.9. The number of methoxy groups -OCH3 is 1. The molecular weight excluding hydrogens is 376 g/mol. The van der Waals surface area contributed by atoms with E-state index in [1.54, 1.807) is 31.4 Å². The maximum atomic E-state index is 12.7. The molecule has 3 aromatic carbocycles. The normalized spacial score (nSPS) is 11.9. The molecule has 5 nitrogen and oxygen atoms in total. The summed E-state index contributed by atoms with van der Waals surface area (Å²) < 4.78 is 7.15. The van der Waals surface area contributed by atoms with Crippen molar-refractivity contribution >= 4 is 16.8 Å². The number of nitrogens with zero attached hydrogens (tertiary/aromatic N) is 1. The van der Waals surface area contributed by atoms with Crippen LogP contribution >= 0.6 is 0 Å². The van der Waals surface area contributed by atoms with Gasteiger partial charge in [0.2, 0.25) is 5.91 Å². The first-order valence-corrected chi connectivity index (χ1v) is 9.88. The van der Waals surface area contributed by atoms with Gasteiger partial charge in [-0.25, -0.2) is 0 Å². The number of carbonyl (C=O) groups excluding carboxylic acids is 1. The lowest BCUT2D eigenvalue weighted by atomic mass is 10.1. The van der Waals surface area contributed by atoms with Gasteiger partial charge < -0.3 is 19.7 Å². The Morgan fingerprint density at radius 1 is 1.00 bits per heavy atom. The summed E-state index contributed by atoms with van der Waals surface area (Å²) in [5, 5.41) is 14.3. The largest absolute Gasteiger partial charge is 0.497 e. The average molecular weight is 400 g/mol. The fraction of sp³-hybridized carbons (Fsp3) is 0.160. The molecular formula is C25H24N2O3. The second kappa shape index (κ2) is 8.84. The molecule has 0 aliphatic rings. The van der Waals surface area contributed by atoms with Crippen LogP contribution in [0.4, 0.5) is 0 Å². The molecule has 0 saturated carbocycles. The van der Waals surface area contributed by atoms with Gasteiger partial charge in [0.25, 0.3) is 0 Å². The zero-order valence-corrected chi connectivity index (χ0v) is 16.8. The molecule has 0 aliphatic carbocycles. The van der Waals surface area contributed by atoms with Crippen LogP contribution in [0.2, 0.25) is 0 Å². The summed E-state index contributed by atoms with van der Waals surface area (Å²) in [7, 11) is 1.60. The summed E-state index contributed by atoms with van der Waals surface area (Å²) in [5.41, 5.74) is 3.78. The van der Waals surface area contributed by atoms with Crippen molar-refractivity contribution in [2.24, 2.45) is 0 Å². The molecule has 0 fully saturated rings. The molecule has 152 valence electrons. The highest BCUT2D eigenvalue weighted by atomic mass is 16.5. The van der Waals surface area contributed by atoms with E-state index in [0.717, 1.165) is 33.5 Å². The maximum absolute atomic E-state index is 12.7. The monoisotopic (exact) mass is 400 g/mol. The van der Waals surface area contributed by atoms with Crippen LogP contribution in [-0.4, -0.2) is 29.2 Å². The molecule has 30 heavy (non-hydrogen) atoms. The van der Waals surface area contributed by atoms with Gasteiger partial charge in [0, 0.05) is 23.1 Å². The second-order valence-corrected chi connectivity index (χ2v) is 7.13. The minimum Gasteiger partial charge on any atom is -0.497 e. The van der Waals surface area contributed by atoms with E-state index in [9.17, 15) is 9.90 Å². The van der Waals surface area contributed by atoms with Gasteiger partial charge in [-0.3, -0.25) is 4.79 Å². The minimum absolute atomic E-state index is 0.144. The highest BCUT2D eigenvalue weighted by molar-refractivity contribution is 5.89. The molecule has 1 amide bonds. The standard InChI is InChI=1S/C25H24N2O3/c1-30-21-13-11-19(12-14-21)24(28)16-26-25(29)17-27-22-10-6-5-9-20(22)15-23(27)18-7-3-2-4-8-18/h2-15,24,28H,16-17H2,1H3,(H,26,29). The Bertz CT molecular complexity index is 1130.